The lowest BCUT2D eigenvalue weighted by atomic mass is 10.1. The van der Waals surface area contributed by atoms with Crippen molar-refractivity contribution in [3.63, 3.8) is 0 Å². The molecule has 2 aromatic rings. The van der Waals surface area contributed by atoms with Gasteiger partial charge in [0.2, 0.25) is 0 Å². The third-order valence-electron chi connectivity index (χ3n) is 6.26. The molecule has 3 heterocycles. The van der Waals surface area contributed by atoms with Crippen molar-refractivity contribution in [1.29, 1.82) is 0 Å². The molecule has 0 amide bonds. The number of benzene rings is 1. The van der Waals surface area contributed by atoms with Crippen molar-refractivity contribution in [3.05, 3.63) is 64.5 Å². The maximum atomic E-state index is 15.2. The second kappa shape index (κ2) is 9.62. The van der Waals surface area contributed by atoms with Crippen LogP contribution in [0.5, 0.6) is 11.8 Å². The molecule has 35 heavy (non-hydrogen) atoms. The minimum absolute atomic E-state index is 0.0950. The molecular weight excluding hydrogens is 443 g/mol. The number of hydrogen-bond acceptors (Lipinski definition) is 7. The highest BCUT2D eigenvalue weighted by Crippen LogP contribution is 2.34. The highest BCUT2D eigenvalue weighted by molar-refractivity contribution is 6.05. The van der Waals surface area contributed by atoms with Gasteiger partial charge in [0.1, 0.15) is 17.5 Å². The monoisotopic (exact) mass is 474 g/mol. The Morgan fingerprint density at radius 3 is 2.74 bits per heavy atom. The second-order valence-electron chi connectivity index (χ2n) is 9.53. The Labute approximate surface area is 205 Å². The van der Waals surface area contributed by atoms with E-state index in [0.717, 1.165) is 47.9 Å². The number of aromatic nitrogens is 2. The predicted octanol–water partition coefficient (Wildman–Crippen LogP) is 4.88. The molecule has 1 aromatic heterocycles. The molecule has 1 aromatic carbocycles. The van der Waals surface area contributed by atoms with Crippen LogP contribution in [0, 0.1) is 5.82 Å². The van der Waals surface area contributed by atoms with Crippen molar-refractivity contribution in [2.24, 2.45) is 4.99 Å². The van der Waals surface area contributed by atoms with Crippen LogP contribution in [0.2, 0.25) is 0 Å². The zero-order valence-corrected chi connectivity index (χ0v) is 20.6. The van der Waals surface area contributed by atoms with Gasteiger partial charge in [0.05, 0.1) is 6.54 Å². The standard InChI is InChI=1S/C27H31FN6O/c1-5-6-19-11-23(29-13-19)31-24-12-25(34-14-17(3)30-18(4)15-34)33-27(32-24)35-22-8-7-20-9-16(2)10-21(20)26(22)28/h5-8,10-12,17-18,30H,9,13-15H2,1-4H3,(H,29,31,32,33)/b6-5+. The van der Waals surface area contributed by atoms with Gasteiger partial charge >= 0.3 is 6.01 Å². The van der Waals surface area contributed by atoms with Crippen molar-refractivity contribution in [1.82, 2.24) is 15.3 Å². The van der Waals surface area contributed by atoms with Crippen molar-refractivity contribution >= 4 is 23.5 Å². The van der Waals surface area contributed by atoms with Gasteiger partial charge in [0.25, 0.3) is 0 Å². The number of rotatable bonds is 5. The number of fused-ring (bicyclic) bond motifs is 1. The average molecular weight is 475 g/mol. The fourth-order valence-electron chi connectivity index (χ4n) is 4.86. The zero-order valence-electron chi connectivity index (χ0n) is 20.6. The maximum Gasteiger partial charge on any atom is 0.326 e. The van der Waals surface area contributed by atoms with Crippen LogP contribution in [-0.4, -0.2) is 47.5 Å². The van der Waals surface area contributed by atoms with Crippen LogP contribution >= 0.6 is 0 Å². The largest absolute Gasteiger partial charge is 0.421 e. The molecule has 3 aliphatic rings. The Kier molecular flexibility index (Phi) is 6.38. The van der Waals surface area contributed by atoms with Gasteiger partial charge in [0.15, 0.2) is 11.6 Å². The van der Waals surface area contributed by atoms with Crippen LogP contribution in [0.25, 0.3) is 6.08 Å². The zero-order chi connectivity index (χ0) is 24.5. The van der Waals surface area contributed by atoms with E-state index in [0.29, 0.717) is 30.0 Å². The van der Waals surface area contributed by atoms with Gasteiger partial charge < -0.3 is 20.3 Å². The summed E-state index contributed by atoms with van der Waals surface area (Å²) in [4.78, 5) is 16.0. The van der Waals surface area contributed by atoms with Crippen LogP contribution in [0.15, 0.2) is 52.6 Å². The average Bonchev–Trinajstić information content (AvgIpc) is 3.41. The Morgan fingerprint density at radius 2 is 1.97 bits per heavy atom. The minimum atomic E-state index is -0.383. The first-order valence-electron chi connectivity index (χ1n) is 12.1. The van der Waals surface area contributed by atoms with E-state index in [-0.39, 0.29) is 17.6 Å². The van der Waals surface area contributed by atoms with Crippen molar-refractivity contribution in [3.8, 4) is 11.8 Å². The van der Waals surface area contributed by atoms with E-state index in [4.69, 9.17) is 4.74 Å². The Balaban J connectivity index is 1.47. The van der Waals surface area contributed by atoms with Gasteiger partial charge in [0, 0.05) is 36.8 Å². The normalized spacial score (nSPS) is 21.6. The van der Waals surface area contributed by atoms with E-state index < -0.39 is 0 Å². The fourth-order valence-corrected chi connectivity index (χ4v) is 4.86. The molecule has 2 unspecified atom stereocenters. The summed E-state index contributed by atoms with van der Waals surface area (Å²) in [5.74, 6) is 1.74. The quantitative estimate of drug-likeness (QED) is 0.643. The van der Waals surface area contributed by atoms with Crippen LogP contribution < -0.4 is 20.3 Å². The fraction of sp³-hybridized carbons (Fsp3) is 0.370. The number of anilines is 2. The molecule has 7 nitrogen and oxygen atoms in total. The smallest absolute Gasteiger partial charge is 0.326 e. The SMILES string of the molecule is C/C=C/C1=CC(Nc2cc(N3CC(C)NC(C)C3)nc(Oc3ccc4c(c3F)C=C(C)C4)n2)=NC1. The van der Waals surface area contributed by atoms with E-state index >= 15 is 4.39 Å². The summed E-state index contributed by atoms with van der Waals surface area (Å²) in [6.45, 7) is 10.5. The van der Waals surface area contributed by atoms with Crippen LogP contribution in [0.4, 0.5) is 16.0 Å². The van der Waals surface area contributed by atoms with E-state index in [1.54, 1.807) is 6.07 Å². The lowest BCUT2D eigenvalue weighted by Crippen LogP contribution is -2.54. The third-order valence-corrected chi connectivity index (χ3v) is 6.26. The number of amidine groups is 1. The molecular formula is C27H31FN6O. The van der Waals surface area contributed by atoms with Gasteiger partial charge in [-0.3, -0.25) is 4.99 Å². The number of piperazine rings is 1. The summed E-state index contributed by atoms with van der Waals surface area (Å²) < 4.78 is 21.2. The Morgan fingerprint density at radius 1 is 1.17 bits per heavy atom. The van der Waals surface area contributed by atoms with Crippen LogP contribution in [0.3, 0.4) is 0 Å². The number of nitrogens with one attached hydrogen (secondary N) is 2. The lowest BCUT2D eigenvalue weighted by Gasteiger charge is -2.37. The van der Waals surface area contributed by atoms with E-state index in [9.17, 15) is 0 Å². The number of ether oxygens (including phenoxy) is 1. The number of allylic oxidation sites excluding steroid dienone is 2. The molecule has 182 valence electrons. The first kappa shape index (κ1) is 23.2. The molecule has 2 aliphatic heterocycles. The minimum Gasteiger partial charge on any atom is -0.421 e. The van der Waals surface area contributed by atoms with Gasteiger partial charge in [-0.1, -0.05) is 29.9 Å². The second-order valence-corrected chi connectivity index (χ2v) is 9.53. The number of nitrogens with zero attached hydrogens (tertiary/aromatic N) is 4. The molecule has 5 rings (SSSR count). The summed E-state index contributed by atoms with van der Waals surface area (Å²) in [5.41, 5.74) is 3.80. The molecule has 1 saturated heterocycles. The summed E-state index contributed by atoms with van der Waals surface area (Å²) in [6.07, 6.45) is 8.66. The van der Waals surface area contributed by atoms with Crippen LogP contribution in [-0.2, 0) is 6.42 Å². The highest BCUT2D eigenvalue weighted by atomic mass is 19.1. The van der Waals surface area contributed by atoms with E-state index in [1.807, 2.05) is 50.3 Å². The predicted molar refractivity (Wildman–Crippen MR) is 139 cm³/mol. The topological polar surface area (TPSA) is 74.7 Å². The summed E-state index contributed by atoms with van der Waals surface area (Å²) in [6, 6.07) is 6.18. The molecule has 2 atom stereocenters. The van der Waals surface area contributed by atoms with Gasteiger partial charge in [-0.15, -0.1) is 0 Å². The Hall–Kier alpha value is -3.52. The molecule has 2 N–H and O–H groups in total. The summed E-state index contributed by atoms with van der Waals surface area (Å²) in [7, 11) is 0. The van der Waals surface area contributed by atoms with Gasteiger partial charge in [-0.05, 0) is 57.4 Å². The summed E-state index contributed by atoms with van der Waals surface area (Å²) >= 11 is 0. The summed E-state index contributed by atoms with van der Waals surface area (Å²) in [5, 5.41) is 6.82. The van der Waals surface area contributed by atoms with Gasteiger partial charge in [-0.25, -0.2) is 4.39 Å². The number of halogens is 1. The van der Waals surface area contributed by atoms with E-state index in [2.05, 4.69) is 44.3 Å². The lowest BCUT2D eigenvalue weighted by molar-refractivity contribution is 0.396. The molecule has 1 fully saturated rings. The highest BCUT2D eigenvalue weighted by Gasteiger charge is 2.24. The van der Waals surface area contributed by atoms with Gasteiger partial charge in [-0.2, -0.15) is 9.97 Å². The molecule has 0 bridgehead atoms. The van der Waals surface area contributed by atoms with Crippen molar-refractivity contribution < 1.29 is 9.13 Å². The maximum absolute atomic E-state index is 15.2. The van der Waals surface area contributed by atoms with Crippen molar-refractivity contribution in [2.45, 2.75) is 46.2 Å². The molecule has 8 heteroatoms. The molecule has 0 saturated carbocycles. The Bertz CT molecular complexity index is 1250. The van der Waals surface area contributed by atoms with Crippen molar-refractivity contribution in [2.75, 3.05) is 29.9 Å². The molecule has 0 radical (unpaired) electrons. The number of hydrogen-bond donors (Lipinski definition) is 2. The first-order valence-corrected chi connectivity index (χ1v) is 12.1. The first-order chi connectivity index (χ1) is 16.9. The van der Waals surface area contributed by atoms with Crippen LogP contribution in [0.1, 0.15) is 38.8 Å². The molecule has 0 spiro atoms. The third kappa shape index (κ3) is 5.12. The molecule has 1 aliphatic carbocycles. The number of aliphatic imine (C=N–C) groups is 1. The van der Waals surface area contributed by atoms with E-state index in [1.165, 1.54) is 0 Å².